The van der Waals surface area contributed by atoms with Crippen LogP contribution in [0.4, 0.5) is 10.8 Å². The molecule has 1 amide bonds. The summed E-state index contributed by atoms with van der Waals surface area (Å²) in [6, 6.07) is 19.6. The van der Waals surface area contributed by atoms with E-state index in [1.807, 2.05) is 0 Å². The van der Waals surface area contributed by atoms with Gasteiger partial charge in [-0.3, -0.25) is 14.4 Å². The minimum absolute atomic E-state index is 0.0505. The van der Waals surface area contributed by atoms with Crippen molar-refractivity contribution in [1.82, 2.24) is 10.2 Å². The molecule has 1 N–H and O–H groups in total. The molecule has 1 aromatic heterocycles. The summed E-state index contributed by atoms with van der Waals surface area (Å²) in [5.74, 6) is -0.273. The Morgan fingerprint density at radius 2 is 1.63 bits per heavy atom. The summed E-state index contributed by atoms with van der Waals surface area (Å²) in [4.78, 5) is 13.1. The van der Waals surface area contributed by atoms with E-state index < -0.39 is 22.0 Å². The number of sulfonamides is 1. The van der Waals surface area contributed by atoms with Crippen molar-refractivity contribution in [2.45, 2.75) is 11.0 Å². The van der Waals surface area contributed by atoms with Gasteiger partial charge in [0.2, 0.25) is 5.13 Å². The molecule has 0 radical (unpaired) electrons. The number of carbonyl (C=O) groups is 1. The first-order chi connectivity index (χ1) is 16.8. The molecule has 0 saturated heterocycles. The second-order valence-electron chi connectivity index (χ2n) is 7.47. The fourth-order valence-corrected chi connectivity index (χ4v) is 5.95. The van der Waals surface area contributed by atoms with Crippen LogP contribution < -0.4 is 14.4 Å². The summed E-state index contributed by atoms with van der Waals surface area (Å²) in [7, 11) is -3.99. The van der Waals surface area contributed by atoms with Crippen molar-refractivity contribution in [2.24, 2.45) is 0 Å². The predicted molar refractivity (Wildman–Crippen MR) is 136 cm³/mol. The fourth-order valence-electron chi connectivity index (χ4n) is 3.47. The molecule has 0 bridgehead atoms. The Labute approximate surface area is 215 Å². The van der Waals surface area contributed by atoms with E-state index in [1.54, 1.807) is 48.5 Å². The van der Waals surface area contributed by atoms with Crippen LogP contribution >= 0.6 is 34.5 Å². The summed E-state index contributed by atoms with van der Waals surface area (Å²) in [6.45, 7) is -0.226. The van der Waals surface area contributed by atoms with Gasteiger partial charge in [-0.2, -0.15) is 0 Å². The molecule has 1 aliphatic rings. The molecule has 35 heavy (non-hydrogen) atoms. The Morgan fingerprint density at radius 3 is 2.34 bits per heavy atom. The van der Waals surface area contributed by atoms with Crippen LogP contribution in [0, 0.1) is 0 Å². The van der Waals surface area contributed by atoms with Crippen LogP contribution in [0.3, 0.4) is 0 Å². The first kappa shape index (κ1) is 23.6. The zero-order valence-corrected chi connectivity index (χ0v) is 20.9. The van der Waals surface area contributed by atoms with Crippen LogP contribution in [0.1, 0.15) is 0 Å². The van der Waals surface area contributed by atoms with Crippen LogP contribution in [0.2, 0.25) is 10.0 Å². The SMILES string of the molecule is O=C(Nc1nnc(-c2ccc(Cl)cc2)s1)[C@H]1CN(S(=O)(=O)c2ccc(Cl)cc2)c2ccccc2O1. The van der Waals surface area contributed by atoms with Gasteiger partial charge in [0.05, 0.1) is 17.1 Å². The molecule has 3 aromatic carbocycles. The topological polar surface area (TPSA) is 101 Å². The number of nitrogens with zero attached hydrogens (tertiary/aromatic N) is 3. The van der Waals surface area contributed by atoms with E-state index in [2.05, 4.69) is 15.5 Å². The number of amides is 1. The molecule has 1 aliphatic heterocycles. The first-order valence-corrected chi connectivity index (χ1v) is 13.3. The van der Waals surface area contributed by atoms with E-state index in [0.717, 1.165) is 5.56 Å². The summed E-state index contributed by atoms with van der Waals surface area (Å²) in [5.41, 5.74) is 1.14. The summed E-state index contributed by atoms with van der Waals surface area (Å²) >= 11 is 13.0. The first-order valence-electron chi connectivity index (χ1n) is 10.3. The monoisotopic (exact) mass is 546 g/mol. The third-order valence-electron chi connectivity index (χ3n) is 5.18. The van der Waals surface area contributed by atoms with Gasteiger partial charge in [-0.05, 0) is 48.5 Å². The average Bonchev–Trinajstić information content (AvgIpc) is 3.32. The number of aromatic nitrogens is 2. The highest BCUT2D eigenvalue weighted by Gasteiger charge is 2.37. The van der Waals surface area contributed by atoms with E-state index in [4.69, 9.17) is 27.9 Å². The highest BCUT2D eigenvalue weighted by molar-refractivity contribution is 7.92. The molecule has 8 nitrogen and oxygen atoms in total. The van der Waals surface area contributed by atoms with E-state index in [9.17, 15) is 13.2 Å². The van der Waals surface area contributed by atoms with Crippen molar-refractivity contribution in [3.8, 4) is 16.3 Å². The van der Waals surface area contributed by atoms with Gasteiger partial charge in [-0.15, -0.1) is 10.2 Å². The zero-order chi connectivity index (χ0) is 24.6. The van der Waals surface area contributed by atoms with Crippen LogP contribution in [0.5, 0.6) is 5.75 Å². The van der Waals surface area contributed by atoms with Crippen molar-refractivity contribution >= 4 is 61.3 Å². The minimum atomic E-state index is -3.99. The molecule has 1 atom stereocenters. The Morgan fingerprint density at radius 1 is 0.971 bits per heavy atom. The number of hydrogen-bond donors (Lipinski definition) is 1. The van der Waals surface area contributed by atoms with Gasteiger partial charge in [0.25, 0.3) is 15.9 Å². The number of ether oxygens (including phenoxy) is 1. The Hall–Kier alpha value is -3.18. The maximum Gasteiger partial charge on any atom is 0.269 e. The standard InChI is InChI=1S/C23H16Cl2N4O4S2/c24-15-7-5-14(6-8-15)22-27-28-23(34-22)26-21(30)20-13-29(18-3-1-2-4-19(18)33-20)35(31,32)17-11-9-16(25)10-12-17/h1-12,20H,13H2,(H,26,28,30)/t20-/m1/s1. The Kier molecular flexibility index (Phi) is 6.37. The molecule has 2 heterocycles. The smallest absolute Gasteiger partial charge is 0.269 e. The molecule has 0 fully saturated rings. The number of halogens is 2. The molecule has 0 saturated carbocycles. The molecule has 0 aliphatic carbocycles. The van der Waals surface area contributed by atoms with Crippen LogP contribution in [-0.2, 0) is 14.8 Å². The molecule has 0 spiro atoms. The molecule has 4 aromatic rings. The van der Waals surface area contributed by atoms with E-state index >= 15 is 0 Å². The van der Waals surface area contributed by atoms with Crippen LogP contribution in [0.15, 0.2) is 77.7 Å². The Balaban J connectivity index is 1.40. The molecule has 0 unspecified atom stereocenters. The second-order valence-corrected chi connectivity index (χ2v) is 11.2. The second kappa shape index (κ2) is 9.46. The molecule has 12 heteroatoms. The third-order valence-corrected chi connectivity index (χ3v) is 8.36. The molecule has 178 valence electrons. The summed E-state index contributed by atoms with van der Waals surface area (Å²) < 4.78 is 33.9. The number of rotatable bonds is 5. The van der Waals surface area contributed by atoms with Gasteiger partial charge < -0.3 is 4.74 Å². The van der Waals surface area contributed by atoms with Crippen molar-refractivity contribution in [3.63, 3.8) is 0 Å². The summed E-state index contributed by atoms with van der Waals surface area (Å²) in [6.07, 6.45) is -1.12. The lowest BCUT2D eigenvalue weighted by molar-refractivity contribution is -0.122. The van der Waals surface area contributed by atoms with Crippen molar-refractivity contribution in [3.05, 3.63) is 82.8 Å². The lowest BCUT2D eigenvalue weighted by Crippen LogP contribution is -2.48. The lowest BCUT2D eigenvalue weighted by Gasteiger charge is -2.34. The molecular formula is C23H16Cl2N4O4S2. The number of anilines is 2. The van der Waals surface area contributed by atoms with Gasteiger partial charge in [-0.1, -0.05) is 58.8 Å². The predicted octanol–water partition coefficient (Wildman–Crippen LogP) is 5.11. The van der Waals surface area contributed by atoms with Gasteiger partial charge in [0.1, 0.15) is 10.8 Å². The lowest BCUT2D eigenvalue weighted by atomic mass is 10.2. The number of hydrogen-bond acceptors (Lipinski definition) is 7. The van der Waals surface area contributed by atoms with Crippen molar-refractivity contribution in [1.29, 1.82) is 0 Å². The number of fused-ring (bicyclic) bond motifs is 1. The zero-order valence-electron chi connectivity index (χ0n) is 17.8. The quantitative estimate of drug-likeness (QED) is 0.373. The van der Waals surface area contributed by atoms with Gasteiger partial charge in [0, 0.05) is 15.6 Å². The van der Waals surface area contributed by atoms with E-state index in [1.165, 1.54) is 39.9 Å². The van der Waals surface area contributed by atoms with E-state index in [0.29, 0.717) is 20.7 Å². The van der Waals surface area contributed by atoms with Gasteiger partial charge >= 0.3 is 0 Å². The summed E-state index contributed by atoms with van der Waals surface area (Å²) in [5, 5.41) is 12.7. The largest absolute Gasteiger partial charge is 0.476 e. The van der Waals surface area contributed by atoms with E-state index in [-0.39, 0.29) is 22.3 Å². The number of carbonyl (C=O) groups excluding carboxylic acids is 1. The highest BCUT2D eigenvalue weighted by atomic mass is 35.5. The van der Waals surface area contributed by atoms with Crippen LogP contribution in [0.25, 0.3) is 10.6 Å². The third kappa shape index (κ3) is 4.83. The minimum Gasteiger partial charge on any atom is -0.476 e. The normalized spacial score (nSPS) is 15.3. The molecule has 5 rings (SSSR count). The van der Waals surface area contributed by atoms with Crippen molar-refractivity contribution in [2.75, 3.05) is 16.2 Å². The maximum atomic E-state index is 13.4. The number of nitrogens with one attached hydrogen (secondary N) is 1. The highest BCUT2D eigenvalue weighted by Crippen LogP contribution is 2.37. The number of para-hydroxylation sites is 2. The van der Waals surface area contributed by atoms with Crippen molar-refractivity contribution < 1.29 is 17.9 Å². The average molecular weight is 547 g/mol. The maximum absolute atomic E-state index is 13.4. The van der Waals surface area contributed by atoms with Gasteiger partial charge in [0.15, 0.2) is 6.10 Å². The van der Waals surface area contributed by atoms with Gasteiger partial charge in [-0.25, -0.2) is 8.42 Å². The Bertz CT molecular complexity index is 1490. The molecular weight excluding hydrogens is 531 g/mol. The number of benzene rings is 3. The van der Waals surface area contributed by atoms with Crippen LogP contribution in [-0.4, -0.2) is 37.2 Å². The fraction of sp³-hybridized carbons (Fsp3) is 0.0870.